The van der Waals surface area contributed by atoms with Gasteiger partial charge in [-0.25, -0.2) is 8.78 Å². The van der Waals surface area contributed by atoms with Crippen LogP contribution >= 0.6 is 11.3 Å². The van der Waals surface area contributed by atoms with Gasteiger partial charge in [0, 0.05) is 22.8 Å². The number of aliphatic hydroxyl groups is 1. The second-order valence-electron chi connectivity index (χ2n) is 3.25. The number of aryl methyl sites for hydroxylation is 1. The normalized spacial score (nSPS) is 13.4. The van der Waals surface area contributed by atoms with Crippen LogP contribution in [-0.2, 0) is 13.0 Å². The van der Waals surface area contributed by atoms with E-state index in [-0.39, 0.29) is 6.54 Å². The molecule has 1 rings (SSSR count). The number of alkyl halides is 2. The molecular formula is C10H15F2NOS. The topological polar surface area (TPSA) is 32.3 Å². The molecule has 1 atom stereocenters. The number of hydrogen-bond acceptors (Lipinski definition) is 3. The van der Waals surface area contributed by atoms with Gasteiger partial charge in [-0.3, -0.25) is 0 Å². The fourth-order valence-corrected chi connectivity index (χ4v) is 2.07. The van der Waals surface area contributed by atoms with Crippen LogP contribution in [0.3, 0.4) is 0 Å². The molecule has 1 aromatic heterocycles. The maximum Gasteiger partial charge on any atom is 0.265 e. The molecule has 0 bridgehead atoms. The first-order valence-corrected chi connectivity index (χ1v) is 5.69. The molecule has 0 aliphatic heterocycles. The van der Waals surface area contributed by atoms with Crippen LogP contribution < -0.4 is 5.32 Å². The molecule has 5 heteroatoms. The average Bonchev–Trinajstić information content (AvgIpc) is 2.65. The van der Waals surface area contributed by atoms with Crippen LogP contribution in [0, 0.1) is 0 Å². The van der Waals surface area contributed by atoms with E-state index < -0.39 is 12.5 Å². The fraction of sp³-hybridized carbons (Fsp3) is 0.600. The minimum absolute atomic E-state index is 0.0724. The molecule has 0 aliphatic carbocycles. The number of hydrogen-bond donors (Lipinski definition) is 2. The third-order valence-corrected chi connectivity index (χ3v) is 3.24. The van der Waals surface area contributed by atoms with Gasteiger partial charge in [0.2, 0.25) is 0 Å². The number of aliphatic hydroxyl groups excluding tert-OH is 1. The minimum Gasteiger partial charge on any atom is -0.386 e. The Kier molecular flexibility index (Phi) is 5.14. The average molecular weight is 235 g/mol. The van der Waals surface area contributed by atoms with E-state index in [1.807, 2.05) is 12.1 Å². The summed E-state index contributed by atoms with van der Waals surface area (Å²) in [7, 11) is 0. The van der Waals surface area contributed by atoms with Gasteiger partial charge in [-0.05, 0) is 18.6 Å². The van der Waals surface area contributed by atoms with Crippen LogP contribution in [0.15, 0.2) is 12.1 Å². The van der Waals surface area contributed by atoms with Gasteiger partial charge in [0.1, 0.15) is 6.10 Å². The fourth-order valence-electron chi connectivity index (χ4n) is 1.14. The molecule has 1 aromatic rings. The molecule has 0 amide bonds. The molecule has 0 aliphatic rings. The van der Waals surface area contributed by atoms with Crippen molar-refractivity contribution in [3.05, 3.63) is 21.9 Å². The van der Waals surface area contributed by atoms with Crippen molar-refractivity contribution in [1.82, 2.24) is 5.32 Å². The van der Waals surface area contributed by atoms with Crippen molar-refractivity contribution in [1.29, 1.82) is 0 Å². The van der Waals surface area contributed by atoms with Crippen LogP contribution in [0.25, 0.3) is 0 Å². The smallest absolute Gasteiger partial charge is 0.265 e. The van der Waals surface area contributed by atoms with Gasteiger partial charge in [-0.15, -0.1) is 11.3 Å². The molecule has 0 fully saturated rings. The van der Waals surface area contributed by atoms with Crippen LogP contribution in [0.2, 0.25) is 0 Å². The van der Waals surface area contributed by atoms with E-state index in [2.05, 4.69) is 12.2 Å². The van der Waals surface area contributed by atoms with Crippen molar-refractivity contribution in [3.8, 4) is 0 Å². The summed E-state index contributed by atoms with van der Waals surface area (Å²) in [5.41, 5.74) is 0. The number of rotatable bonds is 6. The molecule has 0 saturated carbocycles. The third-order valence-electron chi connectivity index (χ3n) is 2.01. The first-order valence-electron chi connectivity index (χ1n) is 4.88. The Morgan fingerprint density at radius 2 is 2.07 bits per heavy atom. The van der Waals surface area contributed by atoms with Crippen molar-refractivity contribution in [2.24, 2.45) is 0 Å². The molecular weight excluding hydrogens is 220 g/mol. The summed E-state index contributed by atoms with van der Waals surface area (Å²) >= 11 is 1.66. The lowest BCUT2D eigenvalue weighted by molar-refractivity contribution is -0.00337. The van der Waals surface area contributed by atoms with Gasteiger partial charge in [0.25, 0.3) is 6.43 Å². The predicted molar refractivity (Wildman–Crippen MR) is 57.4 cm³/mol. The van der Waals surface area contributed by atoms with Gasteiger partial charge in [-0.1, -0.05) is 6.92 Å². The summed E-state index contributed by atoms with van der Waals surface area (Å²) in [6.07, 6.45) is -3.26. The van der Waals surface area contributed by atoms with Gasteiger partial charge in [0.15, 0.2) is 0 Å². The molecule has 86 valence electrons. The van der Waals surface area contributed by atoms with E-state index in [1.54, 1.807) is 11.3 Å². The monoisotopic (exact) mass is 235 g/mol. The van der Waals surface area contributed by atoms with Crippen LogP contribution in [-0.4, -0.2) is 24.2 Å². The van der Waals surface area contributed by atoms with Gasteiger partial charge < -0.3 is 10.4 Å². The van der Waals surface area contributed by atoms with Crippen molar-refractivity contribution in [2.75, 3.05) is 6.54 Å². The van der Waals surface area contributed by atoms with Crippen molar-refractivity contribution in [3.63, 3.8) is 0 Å². The van der Waals surface area contributed by atoms with Crippen LogP contribution in [0.5, 0.6) is 0 Å². The lowest BCUT2D eigenvalue weighted by atomic mass is 10.3. The first kappa shape index (κ1) is 12.5. The summed E-state index contributed by atoms with van der Waals surface area (Å²) in [5.74, 6) is 0. The molecule has 0 aromatic carbocycles. The standard InChI is InChI=1S/C10H15F2NOS/c1-2-7-3-4-8(15-7)5-13-6-9(14)10(11)12/h3-4,9-10,13-14H,2,5-6H2,1H3. The number of halogens is 2. The zero-order valence-electron chi connectivity index (χ0n) is 8.54. The Hall–Kier alpha value is -0.520. The highest BCUT2D eigenvalue weighted by molar-refractivity contribution is 7.11. The third kappa shape index (κ3) is 4.24. The first-order chi connectivity index (χ1) is 7.13. The highest BCUT2D eigenvalue weighted by atomic mass is 32.1. The molecule has 15 heavy (non-hydrogen) atoms. The second kappa shape index (κ2) is 6.15. The molecule has 0 radical (unpaired) electrons. The maximum atomic E-state index is 11.9. The zero-order chi connectivity index (χ0) is 11.3. The Morgan fingerprint density at radius 1 is 1.40 bits per heavy atom. The van der Waals surface area contributed by atoms with Crippen molar-refractivity contribution in [2.45, 2.75) is 32.4 Å². The number of nitrogens with one attached hydrogen (secondary N) is 1. The van der Waals surface area contributed by atoms with E-state index >= 15 is 0 Å². The molecule has 0 saturated heterocycles. The molecule has 1 heterocycles. The van der Waals surface area contributed by atoms with E-state index in [1.165, 1.54) is 4.88 Å². The van der Waals surface area contributed by atoms with E-state index in [4.69, 9.17) is 5.11 Å². The van der Waals surface area contributed by atoms with Crippen molar-refractivity contribution < 1.29 is 13.9 Å². The summed E-state index contributed by atoms with van der Waals surface area (Å²) in [6, 6.07) is 4.01. The Morgan fingerprint density at radius 3 is 2.60 bits per heavy atom. The zero-order valence-corrected chi connectivity index (χ0v) is 9.36. The quantitative estimate of drug-likeness (QED) is 0.790. The Balaban J connectivity index is 2.25. The van der Waals surface area contributed by atoms with Crippen LogP contribution in [0.1, 0.15) is 16.7 Å². The highest BCUT2D eigenvalue weighted by Crippen LogP contribution is 2.16. The maximum absolute atomic E-state index is 11.9. The minimum atomic E-state index is -2.67. The molecule has 1 unspecified atom stereocenters. The largest absolute Gasteiger partial charge is 0.386 e. The van der Waals surface area contributed by atoms with Gasteiger partial charge in [-0.2, -0.15) is 0 Å². The summed E-state index contributed by atoms with van der Waals surface area (Å²) in [4.78, 5) is 2.38. The van der Waals surface area contributed by atoms with E-state index in [9.17, 15) is 8.78 Å². The predicted octanol–water partition coefficient (Wildman–Crippen LogP) is 2.03. The summed E-state index contributed by atoms with van der Waals surface area (Å²) < 4.78 is 23.9. The molecule has 2 N–H and O–H groups in total. The molecule has 2 nitrogen and oxygen atoms in total. The van der Waals surface area contributed by atoms with E-state index in [0.717, 1.165) is 11.3 Å². The Labute approximate surface area is 91.9 Å². The lowest BCUT2D eigenvalue weighted by Crippen LogP contribution is -2.31. The molecule has 0 spiro atoms. The SMILES string of the molecule is CCc1ccc(CNCC(O)C(F)F)s1. The Bertz CT molecular complexity index is 291. The summed E-state index contributed by atoms with van der Waals surface area (Å²) in [5, 5.41) is 11.6. The second-order valence-corrected chi connectivity index (χ2v) is 4.51. The van der Waals surface area contributed by atoms with Gasteiger partial charge >= 0.3 is 0 Å². The van der Waals surface area contributed by atoms with Crippen molar-refractivity contribution >= 4 is 11.3 Å². The van der Waals surface area contributed by atoms with E-state index in [0.29, 0.717) is 6.54 Å². The van der Waals surface area contributed by atoms with Crippen LogP contribution in [0.4, 0.5) is 8.78 Å². The lowest BCUT2D eigenvalue weighted by Gasteiger charge is -2.09. The summed E-state index contributed by atoms with van der Waals surface area (Å²) in [6.45, 7) is 2.54. The van der Waals surface area contributed by atoms with Gasteiger partial charge in [0.05, 0.1) is 0 Å². The highest BCUT2D eigenvalue weighted by Gasteiger charge is 2.15. The number of thiophene rings is 1.